The van der Waals surface area contributed by atoms with Crippen LogP contribution >= 0.6 is 0 Å². The van der Waals surface area contributed by atoms with Crippen LogP contribution < -0.4 is 10.7 Å². The number of carbonyl (C=O) groups is 1. The molecule has 134 valence electrons. The summed E-state index contributed by atoms with van der Waals surface area (Å²) >= 11 is 0. The highest BCUT2D eigenvalue weighted by Gasteiger charge is 2.33. The standard InChI is InChI=1S/C18H12F4N2O2/c1-24-9-11(16(25)10-5-4-7-13(19)15(10)24)17(26)23-14-8-3-2-6-12(14)18(20,21)22/h2-9H,1H3,(H,23,26). The molecule has 1 amide bonds. The molecule has 0 saturated heterocycles. The van der Waals surface area contributed by atoms with E-state index in [9.17, 15) is 27.2 Å². The summed E-state index contributed by atoms with van der Waals surface area (Å²) in [5.41, 5.74) is -2.64. The summed E-state index contributed by atoms with van der Waals surface area (Å²) in [7, 11) is 1.44. The lowest BCUT2D eigenvalue weighted by molar-refractivity contribution is -0.136. The molecule has 0 saturated carbocycles. The topological polar surface area (TPSA) is 51.1 Å². The zero-order valence-electron chi connectivity index (χ0n) is 13.4. The van der Waals surface area contributed by atoms with Crippen LogP contribution in [0, 0.1) is 5.82 Å². The first-order chi connectivity index (χ1) is 12.2. The molecule has 2 aromatic carbocycles. The van der Waals surface area contributed by atoms with E-state index in [1.807, 2.05) is 0 Å². The van der Waals surface area contributed by atoms with Gasteiger partial charge >= 0.3 is 6.18 Å². The molecule has 1 aromatic heterocycles. The number of carbonyl (C=O) groups excluding carboxylic acids is 1. The Morgan fingerprint density at radius 3 is 2.46 bits per heavy atom. The second kappa shape index (κ2) is 6.29. The highest BCUT2D eigenvalue weighted by atomic mass is 19.4. The highest BCUT2D eigenvalue weighted by Crippen LogP contribution is 2.34. The number of halogens is 4. The van der Waals surface area contributed by atoms with Gasteiger partial charge in [-0.25, -0.2) is 4.39 Å². The van der Waals surface area contributed by atoms with Gasteiger partial charge in [0.2, 0.25) is 5.43 Å². The number of benzene rings is 2. The summed E-state index contributed by atoms with van der Waals surface area (Å²) < 4.78 is 54.3. The summed E-state index contributed by atoms with van der Waals surface area (Å²) in [6.45, 7) is 0. The Morgan fingerprint density at radius 2 is 1.77 bits per heavy atom. The number of rotatable bonds is 2. The Labute approximate surface area is 144 Å². The van der Waals surface area contributed by atoms with E-state index < -0.39 is 34.6 Å². The highest BCUT2D eigenvalue weighted by molar-refractivity contribution is 6.06. The molecule has 0 bridgehead atoms. The summed E-state index contributed by atoms with van der Waals surface area (Å²) in [5.74, 6) is -1.65. The number of amides is 1. The molecule has 0 radical (unpaired) electrons. The van der Waals surface area contributed by atoms with E-state index in [1.165, 1.54) is 41.9 Å². The maximum Gasteiger partial charge on any atom is 0.418 e. The van der Waals surface area contributed by atoms with Crippen LogP contribution in [0.2, 0.25) is 0 Å². The molecule has 3 aromatic rings. The van der Waals surface area contributed by atoms with E-state index >= 15 is 0 Å². The van der Waals surface area contributed by atoms with Gasteiger partial charge < -0.3 is 9.88 Å². The Balaban J connectivity index is 2.08. The van der Waals surface area contributed by atoms with Crippen molar-refractivity contribution in [2.24, 2.45) is 7.05 Å². The first kappa shape index (κ1) is 17.7. The Morgan fingerprint density at radius 1 is 1.08 bits per heavy atom. The Bertz CT molecular complexity index is 1070. The lowest BCUT2D eigenvalue weighted by Gasteiger charge is -2.14. The summed E-state index contributed by atoms with van der Waals surface area (Å²) in [6, 6.07) is 8.27. The normalized spacial score (nSPS) is 11.6. The zero-order valence-corrected chi connectivity index (χ0v) is 13.4. The quantitative estimate of drug-likeness (QED) is 0.700. The van der Waals surface area contributed by atoms with Crippen LogP contribution in [0.1, 0.15) is 15.9 Å². The van der Waals surface area contributed by atoms with Crippen LogP contribution in [0.15, 0.2) is 53.5 Å². The van der Waals surface area contributed by atoms with Crippen molar-refractivity contribution < 1.29 is 22.4 Å². The number of hydrogen-bond acceptors (Lipinski definition) is 2. The van der Waals surface area contributed by atoms with Gasteiger partial charge in [0.05, 0.1) is 16.8 Å². The third kappa shape index (κ3) is 3.05. The molecule has 0 aliphatic rings. The van der Waals surface area contributed by atoms with E-state index in [1.54, 1.807) is 0 Å². The molecule has 1 N–H and O–H groups in total. The van der Waals surface area contributed by atoms with Crippen molar-refractivity contribution in [2.75, 3.05) is 5.32 Å². The first-order valence-corrected chi connectivity index (χ1v) is 7.45. The molecular weight excluding hydrogens is 352 g/mol. The monoisotopic (exact) mass is 364 g/mol. The van der Waals surface area contributed by atoms with Crippen molar-refractivity contribution >= 4 is 22.5 Å². The maximum atomic E-state index is 13.9. The molecule has 26 heavy (non-hydrogen) atoms. The predicted molar refractivity (Wildman–Crippen MR) is 88.5 cm³/mol. The minimum Gasteiger partial charge on any atom is -0.347 e. The van der Waals surface area contributed by atoms with E-state index in [4.69, 9.17) is 0 Å². The van der Waals surface area contributed by atoms with Gasteiger partial charge in [0.15, 0.2) is 0 Å². The fourth-order valence-electron chi connectivity index (χ4n) is 2.71. The Hall–Kier alpha value is -3.16. The fourth-order valence-corrected chi connectivity index (χ4v) is 2.71. The second-order valence-corrected chi connectivity index (χ2v) is 5.62. The molecular formula is C18H12F4N2O2. The summed E-state index contributed by atoms with van der Waals surface area (Å²) in [6.07, 6.45) is -3.57. The average Bonchev–Trinajstić information content (AvgIpc) is 2.57. The number of alkyl halides is 3. The number of aryl methyl sites for hydroxylation is 1. The van der Waals surface area contributed by atoms with Gasteiger partial charge in [0.25, 0.3) is 5.91 Å². The van der Waals surface area contributed by atoms with Crippen molar-refractivity contribution in [3.8, 4) is 0 Å². The van der Waals surface area contributed by atoms with Crippen LogP contribution in [0.4, 0.5) is 23.2 Å². The van der Waals surface area contributed by atoms with Gasteiger partial charge in [0, 0.05) is 18.6 Å². The lowest BCUT2D eigenvalue weighted by Crippen LogP contribution is -2.25. The number of hydrogen-bond donors (Lipinski definition) is 1. The van der Waals surface area contributed by atoms with Gasteiger partial charge in [-0.2, -0.15) is 13.2 Å². The predicted octanol–water partition coefficient (Wildman–Crippen LogP) is 3.95. The fraction of sp³-hybridized carbons (Fsp3) is 0.111. The van der Waals surface area contributed by atoms with E-state index in [0.29, 0.717) is 0 Å². The molecule has 3 rings (SSSR count). The molecule has 0 atom stereocenters. The van der Waals surface area contributed by atoms with E-state index in [2.05, 4.69) is 5.32 Å². The molecule has 8 heteroatoms. The van der Waals surface area contributed by atoms with Gasteiger partial charge in [0.1, 0.15) is 11.4 Å². The summed E-state index contributed by atoms with van der Waals surface area (Å²) in [4.78, 5) is 24.9. The number of anilines is 1. The molecule has 4 nitrogen and oxygen atoms in total. The van der Waals surface area contributed by atoms with Gasteiger partial charge in [-0.05, 0) is 24.3 Å². The molecule has 0 aliphatic heterocycles. The van der Waals surface area contributed by atoms with Crippen molar-refractivity contribution in [3.05, 3.63) is 75.8 Å². The molecule has 0 spiro atoms. The van der Waals surface area contributed by atoms with Crippen LogP contribution in [-0.2, 0) is 13.2 Å². The molecule has 1 heterocycles. The largest absolute Gasteiger partial charge is 0.418 e. The van der Waals surface area contributed by atoms with Gasteiger partial charge in [-0.3, -0.25) is 9.59 Å². The van der Waals surface area contributed by atoms with Crippen LogP contribution in [0.5, 0.6) is 0 Å². The second-order valence-electron chi connectivity index (χ2n) is 5.62. The van der Waals surface area contributed by atoms with Crippen LogP contribution in [-0.4, -0.2) is 10.5 Å². The maximum absolute atomic E-state index is 13.9. The third-order valence-electron chi connectivity index (χ3n) is 3.88. The van der Waals surface area contributed by atoms with Crippen LogP contribution in [0.3, 0.4) is 0 Å². The summed E-state index contributed by atoms with van der Waals surface area (Å²) in [5, 5.41) is 2.08. The number of fused-ring (bicyclic) bond motifs is 1. The van der Waals surface area contributed by atoms with Crippen LogP contribution in [0.25, 0.3) is 10.9 Å². The smallest absolute Gasteiger partial charge is 0.347 e. The van der Waals surface area contributed by atoms with Crippen molar-refractivity contribution in [1.29, 1.82) is 0 Å². The third-order valence-corrected chi connectivity index (χ3v) is 3.88. The lowest BCUT2D eigenvalue weighted by atomic mass is 10.1. The minimum atomic E-state index is -4.67. The average molecular weight is 364 g/mol. The Kier molecular flexibility index (Phi) is 4.27. The molecule has 0 aliphatic carbocycles. The van der Waals surface area contributed by atoms with Gasteiger partial charge in [-0.1, -0.05) is 18.2 Å². The van der Waals surface area contributed by atoms with Crippen molar-refractivity contribution in [2.45, 2.75) is 6.18 Å². The minimum absolute atomic E-state index is 0.00439. The number of nitrogens with zero attached hydrogens (tertiary/aromatic N) is 1. The van der Waals surface area contributed by atoms with E-state index in [0.717, 1.165) is 18.3 Å². The first-order valence-electron chi connectivity index (χ1n) is 7.45. The SMILES string of the molecule is Cn1cc(C(=O)Nc2ccccc2C(F)(F)F)c(=O)c2cccc(F)c21. The zero-order chi connectivity index (χ0) is 19.1. The molecule has 0 unspecified atom stereocenters. The number of pyridine rings is 1. The number of para-hydroxylation sites is 2. The van der Waals surface area contributed by atoms with Crippen molar-refractivity contribution in [3.63, 3.8) is 0 Å². The van der Waals surface area contributed by atoms with E-state index in [-0.39, 0.29) is 16.5 Å². The van der Waals surface area contributed by atoms with Gasteiger partial charge in [-0.15, -0.1) is 0 Å². The number of aromatic nitrogens is 1. The van der Waals surface area contributed by atoms with Crippen molar-refractivity contribution in [1.82, 2.24) is 4.57 Å². The molecule has 0 fully saturated rings. The number of nitrogens with one attached hydrogen (secondary N) is 1.